The molecule has 1 saturated carbocycles. The Labute approximate surface area is 99.3 Å². The first-order valence-corrected chi connectivity index (χ1v) is 6.68. The fraction of sp³-hybridized carbons (Fsp3) is 1.00. The van der Waals surface area contributed by atoms with Gasteiger partial charge in [-0.2, -0.15) is 0 Å². The van der Waals surface area contributed by atoms with Gasteiger partial charge in [0, 0.05) is 25.7 Å². The third-order valence-corrected chi connectivity index (χ3v) is 4.58. The molecule has 0 spiro atoms. The molecule has 1 saturated heterocycles. The number of hydrogen-bond acceptors (Lipinski definition) is 3. The topological polar surface area (TPSA) is 38.5 Å². The highest BCUT2D eigenvalue weighted by molar-refractivity contribution is 4.99. The summed E-state index contributed by atoms with van der Waals surface area (Å²) < 4.78 is 5.55. The van der Waals surface area contributed by atoms with Crippen molar-refractivity contribution in [3.05, 3.63) is 0 Å². The smallest absolute Gasteiger partial charge is 0.0589 e. The normalized spacial score (nSPS) is 41.4. The molecule has 2 rings (SSSR count). The second-order valence-electron chi connectivity index (χ2n) is 5.72. The molecule has 94 valence electrons. The average Bonchev–Trinajstić information content (AvgIpc) is 2.76. The van der Waals surface area contributed by atoms with Crippen LogP contribution in [0.2, 0.25) is 0 Å². The van der Waals surface area contributed by atoms with E-state index in [4.69, 9.17) is 10.5 Å². The van der Waals surface area contributed by atoms with Crippen LogP contribution in [-0.2, 0) is 4.74 Å². The van der Waals surface area contributed by atoms with Gasteiger partial charge in [-0.1, -0.05) is 6.92 Å². The molecule has 0 radical (unpaired) electrons. The lowest BCUT2D eigenvalue weighted by Gasteiger charge is -2.46. The number of nitrogens with two attached hydrogens (primary N) is 1. The first kappa shape index (κ1) is 12.3. The Kier molecular flexibility index (Phi) is 3.88. The van der Waals surface area contributed by atoms with Gasteiger partial charge >= 0.3 is 0 Å². The van der Waals surface area contributed by atoms with Crippen molar-refractivity contribution in [1.82, 2.24) is 4.90 Å². The van der Waals surface area contributed by atoms with Gasteiger partial charge in [-0.3, -0.25) is 4.90 Å². The zero-order chi connectivity index (χ0) is 11.6. The molecule has 0 aromatic heterocycles. The Hall–Kier alpha value is -0.120. The van der Waals surface area contributed by atoms with E-state index in [0.717, 1.165) is 18.9 Å². The third-order valence-electron chi connectivity index (χ3n) is 4.58. The summed E-state index contributed by atoms with van der Waals surface area (Å²) in [6.45, 7) is 5.60. The van der Waals surface area contributed by atoms with Crippen LogP contribution in [0.15, 0.2) is 0 Å². The van der Waals surface area contributed by atoms with Crippen LogP contribution in [0, 0.1) is 5.92 Å². The summed E-state index contributed by atoms with van der Waals surface area (Å²) in [5.74, 6) is 0.839. The number of hydrogen-bond donors (Lipinski definition) is 1. The molecule has 0 aromatic carbocycles. The van der Waals surface area contributed by atoms with Crippen molar-refractivity contribution in [3.8, 4) is 0 Å². The van der Waals surface area contributed by atoms with Crippen molar-refractivity contribution >= 4 is 0 Å². The van der Waals surface area contributed by atoms with Gasteiger partial charge in [-0.25, -0.2) is 0 Å². The van der Waals surface area contributed by atoms with E-state index in [0.29, 0.717) is 6.10 Å². The highest BCUT2D eigenvalue weighted by Crippen LogP contribution is 2.37. The minimum Gasteiger partial charge on any atom is -0.381 e. The molecule has 16 heavy (non-hydrogen) atoms. The largest absolute Gasteiger partial charge is 0.381 e. The Morgan fingerprint density at radius 3 is 2.81 bits per heavy atom. The lowest BCUT2D eigenvalue weighted by molar-refractivity contribution is -0.0140. The molecule has 1 aliphatic carbocycles. The van der Waals surface area contributed by atoms with Crippen LogP contribution in [-0.4, -0.2) is 43.3 Å². The second kappa shape index (κ2) is 5.03. The summed E-state index contributed by atoms with van der Waals surface area (Å²) in [7, 11) is 1.84. The first-order chi connectivity index (χ1) is 7.70. The fourth-order valence-corrected chi connectivity index (χ4v) is 3.46. The maximum Gasteiger partial charge on any atom is 0.0589 e. The first-order valence-electron chi connectivity index (χ1n) is 6.68. The minimum absolute atomic E-state index is 0.240. The van der Waals surface area contributed by atoms with E-state index in [1.165, 1.54) is 38.8 Å². The van der Waals surface area contributed by atoms with E-state index in [1.54, 1.807) is 0 Å². The molecule has 0 aromatic rings. The van der Waals surface area contributed by atoms with Gasteiger partial charge in [-0.15, -0.1) is 0 Å². The SMILES string of the molecule is COC1CCCC(CN)(N2CCC(C)C2)C1. The lowest BCUT2D eigenvalue weighted by atomic mass is 9.78. The van der Waals surface area contributed by atoms with Gasteiger partial charge in [0.1, 0.15) is 0 Å². The van der Waals surface area contributed by atoms with Crippen LogP contribution in [0.4, 0.5) is 0 Å². The molecule has 3 nitrogen and oxygen atoms in total. The highest BCUT2D eigenvalue weighted by atomic mass is 16.5. The zero-order valence-electron chi connectivity index (χ0n) is 10.7. The molecule has 3 heteroatoms. The molecule has 2 fully saturated rings. The van der Waals surface area contributed by atoms with Gasteiger partial charge in [0.25, 0.3) is 0 Å². The standard InChI is InChI=1S/C13H26N2O/c1-11-5-7-15(9-11)13(10-14)6-3-4-12(8-13)16-2/h11-12H,3-10,14H2,1-2H3. The summed E-state index contributed by atoms with van der Waals surface area (Å²) in [4.78, 5) is 2.64. The Balaban J connectivity index is 2.05. The summed E-state index contributed by atoms with van der Waals surface area (Å²) in [6, 6.07) is 0. The van der Waals surface area contributed by atoms with Crippen molar-refractivity contribution in [3.63, 3.8) is 0 Å². The van der Waals surface area contributed by atoms with Gasteiger partial charge < -0.3 is 10.5 Å². The molecular formula is C13H26N2O. The fourth-order valence-electron chi connectivity index (χ4n) is 3.46. The van der Waals surface area contributed by atoms with Crippen molar-refractivity contribution in [2.45, 2.75) is 50.7 Å². The predicted octanol–water partition coefficient (Wildman–Crippen LogP) is 1.61. The van der Waals surface area contributed by atoms with Gasteiger partial charge in [0.05, 0.1) is 6.10 Å². The third kappa shape index (κ3) is 2.27. The minimum atomic E-state index is 0.240. The molecule has 2 aliphatic rings. The Bertz CT molecular complexity index is 234. The van der Waals surface area contributed by atoms with Gasteiger partial charge in [0.15, 0.2) is 0 Å². The summed E-state index contributed by atoms with van der Waals surface area (Å²) in [5.41, 5.74) is 6.32. The quantitative estimate of drug-likeness (QED) is 0.794. The van der Waals surface area contributed by atoms with E-state index in [2.05, 4.69) is 11.8 Å². The molecule has 0 bridgehead atoms. The van der Waals surface area contributed by atoms with E-state index >= 15 is 0 Å². The van der Waals surface area contributed by atoms with Gasteiger partial charge in [0.2, 0.25) is 0 Å². The summed E-state index contributed by atoms with van der Waals surface area (Å²) in [5, 5.41) is 0. The number of rotatable bonds is 3. The molecule has 2 N–H and O–H groups in total. The van der Waals surface area contributed by atoms with Gasteiger partial charge in [-0.05, 0) is 44.6 Å². The van der Waals surface area contributed by atoms with Crippen molar-refractivity contribution in [2.24, 2.45) is 11.7 Å². The molecule has 3 unspecified atom stereocenters. The molecule has 3 atom stereocenters. The monoisotopic (exact) mass is 226 g/mol. The van der Waals surface area contributed by atoms with Crippen molar-refractivity contribution < 1.29 is 4.74 Å². The van der Waals surface area contributed by atoms with E-state index in [9.17, 15) is 0 Å². The van der Waals surface area contributed by atoms with E-state index in [1.807, 2.05) is 7.11 Å². The number of ether oxygens (including phenoxy) is 1. The van der Waals surface area contributed by atoms with Crippen molar-refractivity contribution in [1.29, 1.82) is 0 Å². The molecule has 0 amide bonds. The van der Waals surface area contributed by atoms with E-state index < -0.39 is 0 Å². The maximum absolute atomic E-state index is 6.08. The average molecular weight is 226 g/mol. The lowest BCUT2D eigenvalue weighted by Crippen LogP contribution is -2.56. The molecular weight excluding hydrogens is 200 g/mol. The van der Waals surface area contributed by atoms with Crippen molar-refractivity contribution in [2.75, 3.05) is 26.7 Å². The summed E-state index contributed by atoms with van der Waals surface area (Å²) in [6.07, 6.45) is 6.62. The summed E-state index contributed by atoms with van der Waals surface area (Å²) >= 11 is 0. The second-order valence-corrected chi connectivity index (χ2v) is 5.72. The molecule has 1 heterocycles. The van der Waals surface area contributed by atoms with Crippen LogP contribution >= 0.6 is 0 Å². The van der Waals surface area contributed by atoms with Crippen LogP contribution in [0.1, 0.15) is 39.0 Å². The number of likely N-dealkylation sites (tertiary alicyclic amines) is 1. The Morgan fingerprint density at radius 1 is 1.44 bits per heavy atom. The van der Waals surface area contributed by atoms with Crippen LogP contribution in [0.25, 0.3) is 0 Å². The van der Waals surface area contributed by atoms with Crippen LogP contribution < -0.4 is 5.73 Å². The molecule has 1 aliphatic heterocycles. The van der Waals surface area contributed by atoms with Crippen LogP contribution in [0.3, 0.4) is 0 Å². The zero-order valence-corrected chi connectivity index (χ0v) is 10.7. The number of nitrogens with zero attached hydrogens (tertiary/aromatic N) is 1. The predicted molar refractivity (Wildman–Crippen MR) is 66.4 cm³/mol. The highest BCUT2D eigenvalue weighted by Gasteiger charge is 2.42. The van der Waals surface area contributed by atoms with Crippen LogP contribution in [0.5, 0.6) is 0 Å². The number of methoxy groups -OCH3 is 1. The maximum atomic E-state index is 6.08. The van der Waals surface area contributed by atoms with E-state index in [-0.39, 0.29) is 5.54 Å². The Morgan fingerprint density at radius 2 is 2.25 bits per heavy atom.